The lowest BCUT2D eigenvalue weighted by atomic mass is 9.82. The predicted octanol–water partition coefficient (Wildman–Crippen LogP) is 4.85. The number of hydrogen-bond donors (Lipinski definition) is 11. The second-order valence-corrected chi connectivity index (χ2v) is 13.1. The molecule has 0 aliphatic heterocycles. The van der Waals surface area contributed by atoms with E-state index in [1.165, 1.54) is 18.6 Å². The molecule has 15 N–H and O–H groups in total. The molecule has 0 radical (unpaired) electrons. The number of carbonyl (C=O) groups excluding carboxylic acids is 2. The zero-order chi connectivity index (χ0) is 39.7. The van der Waals surface area contributed by atoms with Gasteiger partial charge in [0.1, 0.15) is 23.0 Å². The molecular weight excluding hydrogens is 699 g/mol. The quantitative estimate of drug-likeness (QED) is 0.0359. The van der Waals surface area contributed by atoms with Gasteiger partial charge in [0, 0.05) is 66.0 Å². The first-order valence-electron chi connectivity index (χ1n) is 18.8. The van der Waals surface area contributed by atoms with Crippen molar-refractivity contribution in [3.63, 3.8) is 0 Å². The van der Waals surface area contributed by atoms with E-state index in [0.717, 1.165) is 58.3 Å². The first-order chi connectivity index (χ1) is 26.7. The molecule has 0 amide bonds. The second kappa shape index (κ2) is 21.4. The highest BCUT2D eigenvalue weighted by Crippen LogP contribution is 2.48. The van der Waals surface area contributed by atoms with Gasteiger partial charge in [-0.05, 0) is 69.6 Å². The Bertz CT molecular complexity index is 1910. The molecule has 13 nitrogen and oxygen atoms in total. The van der Waals surface area contributed by atoms with Crippen molar-refractivity contribution in [1.29, 1.82) is 0 Å². The molecule has 5 aromatic carbocycles. The summed E-state index contributed by atoms with van der Waals surface area (Å²) in [4.78, 5) is 26.6. The monoisotopic (exact) mass is 753 g/mol. The highest BCUT2D eigenvalue weighted by atomic mass is 16.3. The molecule has 1 aliphatic carbocycles. The lowest BCUT2D eigenvalue weighted by molar-refractivity contribution is 0.0980. The van der Waals surface area contributed by atoms with E-state index in [1.54, 1.807) is 48.5 Å². The highest BCUT2D eigenvalue weighted by molar-refractivity contribution is 6.32. The van der Waals surface area contributed by atoms with E-state index in [-0.39, 0.29) is 45.3 Å². The number of rotatable bonds is 16. The summed E-state index contributed by atoms with van der Waals surface area (Å²) in [6.07, 6.45) is 6.39. The van der Waals surface area contributed by atoms with Crippen LogP contribution in [0.15, 0.2) is 72.8 Å². The van der Waals surface area contributed by atoms with E-state index in [4.69, 9.17) is 22.9 Å². The van der Waals surface area contributed by atoms with Crippen LogP contribution in [0.4, 0.5) is 11.4 Å². The molecule has 1 aliphatic rings. The van der Waals surface area contributed by atoms with Crippen molar-refractivity contribution in [2.24, 2.45) is 22.9 Å². The van der Waals surface area contributed by atoms with Crippen molar-refractivity contribution in [2.75, 3.05) is 63.0 Å². The van der Waals surface area contributed by atoms with Crippen LogP contribution in [0, 0.1) is 0 Å². The van der Waals surface area contributed by atoms with E-state index in [9.17, 15) is 30.0 Å². The maximum atomic E-state index is 13.3. The summed E-state index contributed by atoms with van der Waals surface area (Å²) in [7, 11) is 0. The fourth-order valence-electron chi connectivity index (χ4n) is 6.39. The molecule has 6 rings (SSSR count). The number of carbonyl (C=O) groups is 2. The van der Waals surface area contributed by atoms with E-state index in [1.807, 2.05) is 12.1 Å². The number of anilines is 2. The van der Waals surface area contributed by atoms with Gasteiger partial charge in [-0.15, -0.1) is 0 Å². The van der Waals surface area contributed by atoms with Crippen molar-refractivity contribution >= 4 is 44.5 Å². The Morgan fingerprint density at radius 2 is 0.891 bits per heavy atom. The first-order valence-corrected chi connectivity index (χ1v) is 18.8. The highest BCUT2D eigenvalue weighted by Gasteiger charge is 2.33. The van der Waals surface area contributed by atoms with Gasteiger partial charge in [0.05, 0.1) is 21.9 Å². The summed E-state index contributed by atoms with van der Waals surface area (Å²) in [5.41, 5.74) is 24.7. The molecule has 5 aromatic rings. The molecule has 0 bridgehead atoms. The average Bonchev–Trinajstić information content (AvgIpc) is 3.20. The van der Waals surface area contributed by atoms with E-state index in [0.29, 0.717) is 70.6 Å². The first kappa shape index (κ1) is 42.3. The maximum Gasteiger partial charge on any atom is 0.196 e. The van der Waals surface area contributed by atoms with Crippen LogP contribution in [0.3, 0.4) is 0 Å². The van der Waals surface area contributed by atoms with Crippen LogP contribution in [-0.2, 0) is 0 Å². The van der Waals surface area contributed by atoms with E-state index in [2.05, 4.69) is 16.0 Å². The van der Waals surface area contributed by atoms with Crippen molar-refractivity contribution in [1.82, 2.24) is 5.32 Å². The predicted molar refractivity (Wildman–Crippen MR) is 222 cm³/mol. The molecule has 0 spiro atoms. The van der Waals surface area contributed by atoms with Crippen LogP contribution < -0.4 is 38.9 Å². The van der Waals surface area contributed by atoms with Gasteiger partial charge in [0.25, 0.3) is 0 Å². The number of nitrogens with one attached hydrogen (secondary N) is 3. The van der Waals surface area contributed by atoms with Crippen LogP contribution in [-0.4, -0.2) is 84.4 Å². The van der Waals surface area contributed by atoms with Crippen molar-refractivity contribution in [2.45, 2.75) is 38.5 Å². The zero-order valence-corrected chi connectivity index (χ0v) is 31.2. The van der Waals surface area contributed by atoms with Crippen LogP contribution in [0.5, 0.6) is 23.0 Å². The molecule has 0 saturated heterocycles. The smallest absolute Gasteiger partial charge is 0.196 e. The van der Waals surface area contributed by atoms with Crippen LogP contribution >= 0.6 is 0 Å². The van der Waals surface area contributed by atoms with Gasteiger partial charge in [-0.1, -0.05) is 61.4 Å². The minimum atomic E-state index is -0.193. The Labute approximate surface area is 321 Å². The second-order valence-electron chi connectivity index (χ2n) is 13.1. The van der Waals surface area contributed by atoms with Gasteiger partial charge in [-0.2, -0.15) is 0 Å². The normalized spacial score (nSPS) is 11.6. The number of unbranched alkanes of at least 4 members (excludes halogenated alkanes) is 4. The summed E-state index contributed by atoms with van der Waals surface area (Å²) >= 11 is 0. The fourth-order valence-corrected chi connectivity index (χ4v) is 6.39. The number of benzene rings is 5. The summed E-state index contributed by atoms with van der Waals surface area (Å²) in [6, 6.07) is 20.0. The Morgan fingerprint density at radius 1 is 0.455 bits per heavy atom. The van der Waals surface area contributed by atoms with Gasteiger partial charge in [0.2, 0.25) is 0 Å². The average molecular weight is 754 g/mol. The van der Waals surface area contributed by atoms with Crippen molar-refractivity contribution in [3.8, 4) is 23.0 Å². The van der Waals surface area contributed by atoms with E-state index >= 15 is 0 Å². The van der Waals surface area contributed by atoms with Gasteiger partial charge >= 0.3 is 0 Å². The summed E-state index contributed by atoms with van der Waals surface area (Å²) in [6.45, 7) is 5.67. The minimum Gasteiger partial charge on any atom is -0.507 e. The molecule has 55 heavy (non-hydrogen) atoms. The lowest BCUT2D eigenvalue weighted by Gasteiger charge is -2.24. The van der Waals surface area contributed by atoms with Crippen molar-refractivity contribution in [3.05, 3.63) is 95.1 Å². The zero-order valence-electron chi connectivity index (χ0n) is 31.2. The number of aromatic hydroxyl groups is 4. The third kappa shape index (κ3) is 10.4. The Morgan fingerprint density at radius 3 is 1.35 bits per heavy atom. The molecule has 0 saturated carbocycles. The molecule has 13 heteroatoms. The van der Waals surface area contributed by atoms with Gasteiger partial charge in [-0.3, -0.25) is 9.59 Å². The standard InChI is InChI=1S/C23H31N5O2.C14H10O4.C5H14N2/c24-10-4-1-5-12-27-18-8-9-19(28-15-14-26-13-11-25)21-20(18)22(29)16-6-2-3-7-17(16)23(21)30;15-9-5-6-10(16)12-11(9)13(17)7-3-1-2-4-8(7)14(12)18;6-4-2-1-3-5-7/h2-3,6-9,26-28H,1,4-5,10-15,24-25H2;1-6,15-18H;1-7H2. The molecular formula is C42H55N7O6. The maximum absolute atomic E-state index is 13.3. The molecule has 0 unspecified atom stereocenters. The van der Waals surface area contributed by atoms with Crippen LogP contribution in [0.25, 0.3) is 21.5 Å². The van der Waals surface area contributed by atoms with Gasteiger partial charge in [-0.25, -0.2) is 0 Å². The largest absolute Gasteiger partial charge is 0.507 e. The number of phenols is 4. The summed E-state index contributed by atoms with van der Waals surface area (Å²) < 4.78 is 0. The van der Waals surface area contributed by atoms with Gasteiger partial charge < -0.3 is 59.3 Å². The van der Waals surface area contributed by atoms with Crippen molar-refractivity contribution < 1.29 is 30.0 Å². The third-order valence-corrected chi connectivity index (χ3v) is 9.19. The van der Waals surface area contributed by atoms with Crippen LogP contribution in [0.2, 0.25) is 0 Å². The lowest BCUT2D eigenvalue weighted by Crippen LogP contribution is -2.29. The minimum absolute atomic E-state index is 0.0474. The summed E-state index contributed by atoms with van der Waals surface area (Å²) in [5, 5.41) is 50.7. The number of ketones is 2. The molecule has 0 aromatic heterocycles. The summed E-state index contributed by atoms with van der Waals surface area (Å²) in [5.74, 6) is -0.944. The van der Waals surface area contributed by atoms with E-state index < -0.39 is 0 Å². The number of fused-ring (bicyclic) bond motifs is 4. The van der Waals surface area contributed by atoms with Crippen LogP contribution in [0.1, 0.15) is 70.4 Å². The Balaban J connectivity index is 0.000000226. The number of nitrogens with two attached hydrogens (primary N) is 4. The molecule has 0 fully saturated rings. The fraction of sp³-hybridized carbons (Fsp3) is 0.333. The Hall–Kier alpha value is -5.44. The SMILES string of the molecule is NCCCCCN.NCCCCCNc1ccc(NCCNCCN)c2c1C(=O)c1ccccc1C2=O.Oc1ccc(O)c2c(O)c3ccccc3c(O)c12. The topological polar surface area (TPSA) is 255 Å². The Kier molecular flexibility index (Phi) is 16.5. The van der Waals surface area contributed by atoms with Gasteiger partial charge in [0.15, 0.2) is 11.6 Å². The molecule has 0 atom stereocenters. The molecule has 294 valence electrons. The number of phenolic OH excluding ortho intramolecular Hbond substituents is 4. The number of hydrogen-bond acceptors (Lipinski definition) is 13. The molecule has 0 heterocycles. The third-order valence-electron chi connectivity index (χ3n) is 9.19.